The second kappa shape index (κ2) is 12.2. The molecule has 1 aliphatic heterocycles. The Morgan fingerprint density at radius 3 is 2.49 bits per heavy atom. The number of rotatable bonds is 8. The number of halogens is 1. The Hall–Kier alpha value is -2.19. The second-order valence-corrected chi connectivity index (χ2v) is 10.7. The van der Waals surface area contributed by atoms with Gasteiger partial charge in [-0.25, -0.2) is 4.98 Å². The van der Waals surface area contributed by atoms with Crippen LogP contribution in [0, 0.1) is 0 Å². The van der Waals surface area contributed by atoms with Gasteiger partial charge in [-0.2, -0.15) is 0 Å². The van der Waals surface area contributed by atoms with Crippen LogP contribution < -0.4 is 0 Å². The average Bonchev–Trinajstić information content (AvgIpc) is 2.93. The first kappa shape index (κ1) is 24.5. The average molecular weight is 593 g/mol. The summed E-state index contributed by atoms with van der Waals surface area (Å²) < 4.78 is 7.42. The van der Waals surface area contributed by atoms with Crippen molar-refractivity contribution in [1.29, 1.82) is 0 Å². The van der Waals surface area contributed by atoms with E-state index in [4.69, 9.17) is 9.72 Å². The molecule has 1 aromatic heterocycles. The number of hydrogen-bond acceptors (Lipinski definition) is 4. The Morgan fingerprint density at radius 2 is 1.69 bits per heavy atom. The van der Waals surface area contributed by atoms with Gasteiger partial charge in [-0.3, -0.25) is 4.90 Å². The van der Waals surface area contributed by atoms with Gasteiger partial charge in [0.1, 0.15) is 5.03 Å². The SMILES string of the molecule is ICc1cccc(-c2cccnc2S[C@@H](c2ccccc2)[C@@H]2CN(Cc3ccccc3)CCO2)c1. The molecule has 0 saturated carbocycles. The van der Waals surface area contributed by atoms with Crippen molar-refractivity contribution in [2.24, 2.45) is 0 Å². The van der Waals surface area contributed by atoms with Crippen LogP contribution in [0.1, 0.15) is 21.9 Å². The number of hydrogen-bond donors (Lipinski definition) is 0. The molecule has 1 aliphatic rings. The molecule has 5 rings (SSSR count). The van der Waals surface area contributed by atoms with Crippen LogP contribution >= 0.6 is 34.4 Å². The van der Waals surface area contributed by atoms with Gasteiger partial charge in [0.25, 0.3) is 0 Å². The monoisotopic (exact) mass is 592 g/mol. The summed E-state index contributed by atoms with van der Waals surface area (Å²) in [5.74, 6) is 0. The van der Waals surface area contributed by atoms with Crippen molar-refractivity contribution >= 4 is 34.4 Å². The molecule has 0 radical (unpaired) electrons. The zero-order valence-corrected chi connectivity index (χ0v) is 22.6. The molecule has 0 aliphatic carbocycles. The number of alkyl halides is 1. The maximum atomic E-state index is 6.43. The molecule has 5 heteroatoms. The molecule has 178 valence electrons. The molecule has 35 heavy (non-hydrogen) atoms. The van der Waals surface area contributed by atoms with E-state index >= 15 is 0 Å². The Morgan fingerprint density at radius 1 is 0.914 bits per heavy atom. The minimum absolute atomic E-state index is 0.0791. The minimum Gasteiger partial charge on any atom is -0.374 e. The van der Waals surface area contributed by atoms with Crippen LogP contribution in [0.2, 0.25) is 0 Å². The zero-order chi connectivity index (χ0) is 23.9. The number of benzene rings is 3. The lowest BCUT2D eigenvalue weighted by Crippen LogP contribution is -2.44. The lowest BCUT2D eigenvalue weighted by molar-refractivity contribution is -0.0320. The molecule has 0 unspecified atom stereocenters. The maximum Gasteiger partial charge on any atom is 0.104 e. The number of pyridine rings is 1. The van der Waals surface area contributed by atoms with Gasteiger partial charge in [0.15, 0.2) is 0 Å². The van der Waals surface area contributed by atoms with Crippen LogP contribution in [0.15, 0.2) is 108 Å². The van der Waals surface area contributed by atoms with E-state index in [2.05, 4.69) is 118 Å². The fraction of sp³-hybridized carbons (Fsp3) is 0.233. The zero-order valence-electron chi connectivity index (χ0n) is 19.6. The molecule has 4 aromatic rings. The largest absolute Gasteiger partial charge is 0.374 e. The fourth-order valence-electron chi connectivity index (χ4n) is 4.55. The number of nitrogens with zero attached hydrogens (tertiary/aromatic N) is 2. The molecule has 0 bridgehead atoms. The predicted molar refractivity (Wildman–Crippen MR) is 154 cm³/mol. The van der Waals surface area contributed by atoms with Crippen LogP contribution in [0.3, 0.4) is 0 Å². The van der Waals surface area contributed by atoms with Crippen molar-refractivity contribution in [2.75, 3.05) is 19.7 Å². The molecule has 1 saturated heterocycles. The summed E-state index contributed by atoms with van der Waals surface area (Å²) in [7, 11) is 0. The highest BCUT2D eigenvalue weighted by atomic mass is 127. The molecule has 2 heterocycles. The first-order chi connectivity index (χ1) is 17.3. The Balaban J connectivity index is 1.43. The molecule has 0 amide bonds. The van der Waals surface area contributed by atoms with Crippen LogP contribution in [-0.2, 0) is 15.7 Å². The van der Waals surface area contributed by atoms with Gasteiger partial charge in [-0.1, -0.05) is 125 Å². The van der Waals surface area contributed by atoms with Crippen molar-refractivity contribution in [1.82, 2.24) is 9.88 Å². The minimum atomic E-state index is 0.0791. The maximum absolute atomic E-state index is 6.43. The number of aromatic nitrogens is 1. The lowest BCUT2D eigenvalue weighted by Gasteiger charge is -2.37. The van der Waals surface area contributed by atoms with Gasteiger partial charge in [0.05, 0.1) is 18.0 Å². The summed E-state index contributed by atoms with van der Waals surface area (Å²) in [6, 6.07) is 34.5. The van der Waals surface area contributed by atoms with Crippen molar-refractivity contribution in [3.8, 4) is 11.1 Å². The predicted octanol–water partition coefficient (Wildman–Crippen LogP) is 7.42. The first-order valence-corrected chi connectivity index (χ1v) is 14.4. The molecule has 2 atom stereocenters. The summed E-state index contributed by atoms with van der Waals surface area (Å²) in [5.41, 5.74) is 6.36. The second-order valence-electron chi connectivity index (χ2n) is 8.77. The first-order valence-electron chi connectivity index (χ1n) is 12.0. The molecule has 3 nitrogen and oxygen atoms in total. The van der Waals surface area contributed by atoms with E-state index in [-0.39, 0.29) is 11.4 Å². The third-order valence-corrected chi connectivity index (χ3v) is 8.55. The molecular weight excluding hydrogens is 563 g/mol. The summed E-state index contributed by atoms with van der Waals surface area (Å²) in [6.45, 7) is 3.54. The van der Waals surface area contributed by atoms with Crippen molar-refractivity contribution < 1.29 is 4.74 Å². The highest BCUT2D eigenvalue weighted by Crippen LogP contribution is 2.43. The molecule has 0 N–H and O–H groups in total. The highest BCUT2D eigenvalue weighted by molar-refractivity contribution is 14.1. The molecule has 0 spiro atoms. The van der Waals surface area contributed by atoms with Gasteiger partial charge >= 0.3 is 0 Å². The number of thioether (sulfide) groups is 1. The van der Waals surface area contributed by atoms with E-state index in [1.165, 1.54) is 27.8 Å². The standard InChI is InChI=1S/C30H29IN2OS/c31-20-24-11-7-14-26(19-24)27-15-8-16-32-30(27)35-29(25-12-5-2-6-13-25)28-22-33(17-18-34-28)21-23-9-3-1-4-10-23/h1-16,19,28-29H,17-18,20-22H2/t28-,29-/m0/s1. The van der Waals surface area contributed by atoms with Crippen LogP contribution in [-0.4, -0.2) is 35.7 Å². The van der Waals surface area contributed by atoms with Gasteiger partial charge in [-0.05, 0) is 28.3 Å². The van der Waals surface area contributed by atoms with Crippen LogP contribution in [0.25, 0.3) is 11.1 Å². The van der Waals surface area contributed by atoms with Crippen LogP contribution in [0.4, 0.5) is 0 Å². The van der Waals surface area contributed by atoms with Crippen LogP contribution in [0.5, 0.6) is 0 Å². The number of morpholine rings is 1. The van der Waals surface area contributed by atoms with Crippen molar-refractivity contribution in [3.05, 3.63) is 120 Å². The Bertz CT molecular complexity index is 1220. The van der Waals surface area contributed by atoms with Gasteiger partial charge in [0, 0.05) is 35.8 Å². The topological polar surface area (TPSA) is 25.4 Å². The third-order valence-electron chi connectivity index (χ3n) is 6.29. The summed E-state index contributed by atoms with van der Waals surface area (Å²) in [5, 5.41) is 1.20. The third kappa shape index (κ3) is 6.33. The molecular formula is C30H29IN2OS. The van der Waals surface area contributed by atoms with E-state index in [1.807, 2.05) is 24.0 Å². The van der Waals surface area contributed by atoms with Gasteiger partial charge in [-0.15, -0.1) is 0 Å². The smallest absolute Gasteiger partial charge is 0.104 e. The van der Waals surface area contributed by atoms with Gasteiger partial charge in [0.2, 0.25) is 0 Å². The van der Waals surface area contributed by atoms with Crippen molar-refractivity contribution in [2.45, 2.75) is 27.4 Å². The number of ether oxygens (including phenoxy) is 1. The van der Waals surface area contributed by atoms with E-state index in [1.54, 1.807) is 0 Å². The van der Waals surface area contributed by atoms with E-state index in [9.17, 15) is 0 Å². The quantitative estimate of drug-likeness (QED) is 0.121. The lowest BCUT2D eigenvalue weighted by atomic mass is 10.1. The van der Waals surface area contributed by atoms with E-state index < -0.39 is 0 Å². The van der Waals surface area contributed by atoms with E-state index in [0.717, 1.165) is 35.7 Å². The molecule has 1 fully saturated rings. The van der Waals surface area contributed by atoms with Gasteiger partial charge < -0.3 is 4.74 Å². The van der Waals surface area contributed by atoms with Crippen molar-refractivity contribution in [3.63, 3.8) is 0 Å². The van der Waals surface area contributed by atoms with E-state index in [0.29, 0.717) is 0 Å². The Kier molecular flexibility index (Phi) is 8.52. The molecule has 3 aromatic carbocycles. The summed E-state index contributed by atoms with van der Waals surface area (Å²) in [6.07, 6.45) is 1.98. The normalized spacial score (nSPS) is 17.2. The summed E-state index contributed by atoms with van der Waals surface area (Å²) in [4.78, 5) is 7.37. The fourth-order valence-corrected chi connectivity index (χ4v) is 6.31. The Labute approximate surface area is 226 Å². The summed E-state index contributed by atoms with van der Waals surface area (Å²) >= 11 is 4.25. The highest BCUT2D eigenvalue weighted by Gasteiger charge is 2.31.